The number of carbonyl (C=O) groups is 4. The lowest BCUT2D eigenvalue weighted by atomic mass is 10.0. The summed E-state index contributed by atoms with van der Waals surface area (Å²) in [5, 5.41) is 45.7. The summed E-state index contributed by atoms with van der Waals surface area (Å²) in [6.45, 7) is 2.83. The van der Waals surface area contributed by atoms with E-state index in [1.54, 1.807) is 33.9 Å². The molecule has 2 aliphatic heterocycles. The van der Waals surface area contributed by atoms with Crippen molar-refractivity contribution in [3.63, 3.8) is 0 Å². The maximum absolute atomic E-state index is 12.8. The number of aliphatic hydroxyl groups excluding tert-OH is 2. The number of anilines is 2. The molecule has 13 nitrogen and oxygen atoms in total. The van der Waals surface area contributed by atoms with E-state index in [1.807, 2.05) is 97.1 Å². The lowest BCUT2D eigenvalue weighted by Crippen LogP contribution is -2.52. The topological polar surface area (TPSA) is 181 Å². The molecule has 4 aromatic rings. The molecule has 2 aromatic carbocycles. The van der Waals surface area contributed by atoms with Crippen molar-refractivity contribution in [2.75, 3.05) is 47.5 Å². The van der Waals surface area contributed by atoms with Crippen LogP contribution < -0.4 is 34.5 Å². The maximum atomic E-state index is 12.8. The standard InChI is InChI=1S/C45H49N5O8S2/c51-39-17-23-49(27-39)37-9-5-32(6-10-37)1-3-34-13-19-47(20-14-34)26-41(53)25-36(44(55)56)30-59-60-31-42(45(57)58)46-43(54)29-48-21-15-35(16-22-48)4-2-33-7-11-38(12-8-33)50-24-18-40(52)28-50/h1-16,19-22,36,39-40,42,51-52H,17-18,23-31H2,(H-2,46,54,55,56,57,58). The molecule has 2 aliphatic rings. The highest BCUT2D eigenvalue weighted by atomic mass is 33.1. The second-order valence-electron chi connectivity index (χ2n) is 15.0. The molecule has 0 bridgehead atoms. The number of hydrogen-bond acceptors (Lipinski definition) is 12. The molecular formula is C45H49N5O8S2. The average molecular weight is 852 g/mol. The molecule has 0 radical (unpaired) electrons. The molecule has 4 heterocycles. The van der Waals surface area contributed by atoms with Crippen molar-refractivity contribution >= 4 is 80.9 Å². The van der Waals surface area contributed by atoms with Crippen molar-refractivity contribution in [2.45, 2.75) is 50.6 Å². The SMILES string of the molecule is O=C(CC(CSSCC(NC(=O)C[n+]1ccc(/C=C/c2ccc(N3CCC(O)C3)cc2)cc1)C(=O)[O-])C(=O)[O-])C[n+]1ccc(/C=C/c2ccc(N3CCC(O)C3)cc2)cc1. The van der Waals surface area contributed by atoms with Gasteiger partial charge in [-0.1, -0.05) is 70.2 Å². The van der Waals surface area contributed by atoms with Gasteiger partial charge in [0.05, 0.1) is 24.2 Å². The first-order chi connectivity index (χ1) is 29.0. The quantitative estimate of drug-likeness (QED) is 0.0662. The van der Waals surface area contributed by atoms with E-state index in [1.165, 1.54) is 0 Å². The van der Waals surface area contributed by atoms with Gasteiger partial charge >= 0.3 is 0 Å². The van der Waals surface area contributed by atoms with E-state index in [4.69, 9.17) is 0 Å². The van der Waals surface area contributed by atoms with Crippen molar-refractivity contribution in [1.29, 1.82) is 0 Å². The van der Waals surface area contributed by atoms with Gasteiger partial charge < -0.3 is 45.1 Å². The molecule has 314 valence electrons. The largest absolute Gasteiger partial charge is 0.550 e. The Morgan fingerprint density at radius 1 is 0.650 bits per heavy atom. The third kappa shape index (κ3) is 13.5. The molecule has 4 atom stereocenters. The van der Waals surface area contributed by atoms with Crippen molar-refractivity contribution in [3.05, 3.63) is 120 Å². The lowest BCUT2D eigenvalue weighted by Gasteiger charge is -2.19. The van der Waals surface area contributed by atoms with Crippen LogP contribution in [-0.2, 0) is 32.3 Å². The van der Waals surface area contributed by atoms with Crippen molar-refractivity contribution in [3.8, 4) is 0 Å². The third-order valence-electron chi connectivity index (χ3n) is 10.3. The number of nitrogens with zero attached hydrogens (tertiary/aromatic N) is 4. The molecule has 2 aromatic heterocycles. The molecule has 3 N–H and O–H groups in total. The number of aliphatic hydroxyl groups is 2. The molecule has 0 saturated carbocycles. The van der Waals surface area contributed by atoms with Gasteiger partial charge in [0.15, 0.2) is 30.6 Å². The summed E-state index contributed by atoms with van der Waals surface area (Å²) in [5.74, 6) is -4.81. The first-order valence-corrected chi connectivity index (χ1v) is 22.3. The van der Waals surface area contributed by atoms with E-state index in [0.29, 0.717) is 13.1 Å². The van der Waals surface area contributed by atoms with Crippen molar-refractivity contribution < 1.29 is 48.7 Å². The number of Topliss-reactive ketones (excluding diaryl/α,β-unsaturated/α-hetero) is 1. The lowest BCUT2D eigenvalue weighted by molar-refractivity contribution is -0.684. The van der Waals surface area contributed by atoms with Gasteiger partial charge in [-0.2, -0.15) is 9.13 Å². The summed E-state index contributed by atoms with van der Waals surface area (Å²) < 4.78 is 3.30. The Kier molecular flexibility index (Phi) is 15.9. The number of nitrogens with one attached hydrogen (secondary N) is 1. The molecule has 4 unspecified atom stereocenters. The number of rotatable bonds is 20. The van der Waals surface area contributed by atoms with E-state index in [9.17, 15) is 39.6 Å². The van der Waals surface area contributed by atoms with Crippen LogP contribution in [0.4, 0.5) is 11.4 Å². The van der Waals surface area contributed by atoms with Crippen LogP contribution >= 0.6 is 21.6 Å². The number of amides is 1. The third-order valence-corrected chi connectivity index (χ3v) is 12.8. The summed E-state index contributed by atoms with van der Waals surface area (Å²) in [6.07, 6.45) is 15.6. The van der Waals surface area contributed by atoms with Crippen molar-refractivity contribution in [2.24, 2.45) is 5.92 Å². The second kappa shape index (κ2) is 21.7. The van der Waals surface area contributed by atoms with Gasteiger partial charge in [-0.05, 0) is 59.4 Å². The van der Waals surface area contributed by atoms with Gasteiger partial charge in [0.1, 0.15) is 0 Å². The Bertz CT molecular complexity index is 1980. The van der Waals surface area contributed by atoms with Crippen LogP contribution in [0.15, 0.2) is 97.6 Å². The fraction of sp³-hybridized carbons (Fsp3) is 0.333. The van der Waals surface area contributed by atoms with Crippen LogP contribution in [-0.4, -0.2) is 89.8 Å². The zero-order valence-electron chi connectivity index (χ0n) is 33.1. The number of aromatic nitrogens is 2. The molecule has 1 amide bonds. The van der Waals surface area contributed by atoms with E-state index >= 15 is 0 Å². The van der Waals surface area contributed by atoms with Crippen LogP contribution in [0.3, 0.4) is 0 Å². The summed E-state index contributed by atoms with van der Waals surface area (Å²) in [6, 6.07) is 22.3. The Balaban J connectivity index is 0.888. The first-order valence-electron chi connectivity index (χ1n) is 19.8. The molecule has 15 heteroatoms. The van der Waals surface area contributed by atoms with Crippen LogP contribution in [0.2, 0.25) is 0 Å². The highest BCUT2D eigenvalue weighted by Crippen LogP contribution is 2.26. The normalized spacial score (nSPS) is 17.6. The summed E-state index contributed by atoms with van der Waals surface area (Å²) in [7, 11) is 2.16. The molecule has 2 fully saturated rings. The van der Waals surface area contributed by atoms with Gasteiger partial charge in [-0.3, -0.25) is 9.59 Å². The minimum Gasteiger partial charge on any atom is -0.550 e. The molecule has 0 spiro atoms. The minimum absolute atomic E-state index is 0.00733. The zero-order valence-corrected chi connectivity index (χ0v) is 34.7. The predicted molar refractivity (Wildman–Crippen MR) is 230 cm³/mol. The average Bonchev–Trinajstić information content (AvgIpc) is 3.89. The minimum atomic E-state index is -1.47. The smallest absolute Gasteiger partial charge is 0.286 e. The van der Waals surface area contributed by atoms with Crippen LogP contribution in [0.5, 0.6) is 0 Å². The number of carboxylic acid groups (broad SMARTS) is 2. The van der Waals surface area contributed by atoms with E-state index in [-0.39, 0.29) is 49.0 Å². The zero-order chi connectivity index (χ0) is 42.4. The van der Waals surface area contributed by atoms with Gasteiger partial charge in [0.25, 0.3) is 5.91 Å². The fourth-order valence-corrected chi connectivity index (χ4v) is 9.32. The molecule has 0 aliphatic carbocycles. The number of carboxylic acids is 2. The first kappa shape index (κ1) is 44.1. The van der Waals surface area contributed by atoms with Crippen LogP contribution in [0.1, 0.15) is 41.5 Å². The van der Waals surface area contributed by atoms with Gasteiger partial charge in [0, 0.05) is 91.6 Å². The van der Waals surface area contributed by atoms with Crippen molar-refractivity contribution in [1.82, 2.24) is 5.32 Å². The number of β-amino-alcohol motifs (C(OH)–C–C–N with tert-alkyl or cyclic N) is 2. The molecule has 60 heavy (non-hydrogen) atoms. The number of pyridine rings is 2. The predicted octanol–water partition coefficient (Wildman–Crippen LogP) is 1.39. The Morgan fingerprint density at radius 2 is 1.08 bits per heavy atom. The number of hydrogen-bond donors (Lipinski definition) is 3. The summed E-state index contributed by atoms with van der Waals surface area (Å²) in [5.41, 5.74) is 6.03. The highest BCUT2D eigenvalue weighted by molar-refractivity contribution is 8.76. The Hall–Kier alpha value is -5.48. The summed E-state index contributed by atoms with van der Waals surface area (Å²) >= 11 is 0. The number of ketones is 1. The number of benzene rings is 2. The number of carbonyl (C=O) groups excluding carboxylic acids is 4. The molecular weight excluding hydrogens is 803 g/mol. The van der Waals surface area contributed by atoms with E-state index < -0.39 is 29.8 Å². The van der Waals surface area contributed by atoms with Gasteiger partial charge in [0.2, 0.25) is 13.1 Å². The Morgan fingerprint density at radius 3 is 1.50 bits per heavy atom. The van der Waals surface area contributed by atoms with E-state index in [0.717, 1.165) is 81.1 Å². The van der Waals surface area contributed by atoms with Gasteiger partial charge in [-0.25, -0.2) is 0 Å². The monoisotopic (exact) mass is 851 g/mol. The highest BCUT2D eigenvalue weighted by Gasteiger charge is 2.23. The second-order valence-corrected chi connectivity index (χ2v) is 17.6. The molecule has 2 saturated heterocycles. The number of aliphatic carboxylic acids is 2. The molecule has 6 rings (SSSR count). The maximum Gasteiger partial charge on any atom is 0.286 e. The summed E-state index contributed by atoms with van der Waals surface area (Å²) in [4.78, 5) is 53.6. The van der Waals surface area contributed by atoms with Crippen LogP contribution in [0, 0.1) is 5.92 Å². The van der Waals surface area contributed by atoms with E-state index in [2.05, 4.69) is 15.1 Å². The van der Waals surface area contributed by atoms with Crippen LogP contribution in [0.25, 0.3) is 24.3 Å². The van der Waals surface area contributed by atoms with Gasteiger partial charge in [-0.15, -0.1) is 0 Å². The fourth-order valence-electron chi connectivity index (χ4n) is 6.87. The Labute approximate surface area is 357 Å².